The summed E-state index contributed by atoms with van der Waals surface area (Å²) >= 11 is 0. The van der Waals surface area contributed by atoms with Gasteiger partial charge in [0.05, 0.1) is 0 Å². The summed E-state index contributed by atoms with van der Waals surface area (Å²) in [5, 5.41) is 0. The van der Waals surface area contributed by atoms with Crippen LogP contribution >= 0.6 is 0 Å². The summed E-state index contributed by atoms with van der Waals surface area (Å²) in [6.45, 7) is 5.46. The molecule has 108 valence electrons. The number of rotatable bonds is 4. The molecule has 1 aromatic rings. The fraction of sp³-hybridized carbons (Fsp3) is 0.500. The number of benzene rings is 1. The second kappa shape index (κ2) is 6.55. The molecule has 4 heteroatoms. The number of amides is 1. The monoisotopic (exact) mass is 275 g/mol. The third kappa shape index (κ3) is 3.83. The van der Waals surface area contributed by atoms with Gasteiger partial charge in [-0.05, 0) is 49.9 Å². The lowest BCUT2D eigenvalue weighted by atomic mass is 9.99. The molecule has 0 aliphatic carbocycles. The van der Waals surface area contributed by atoms with Crippen molar-refractivity contribution in [1.82, 2.24) is 4.90 Å². The van der Waals surface area contributed by atoms with Crippen LogP contribution in [0.2, 0.25) is 0 Å². The van der Waals surface area contributed by atoms with E-state index in [1.54, 1.807) is 24.3 Å². The van der Waals surface area contributed by atoms with Crippen LogP contribution in [-0.2, 0) is 4.79 Å². The van der Waals surface area contributed by atoms with Crippen LogP contribution in [0, 0.1) is 5.92 Å². The maximum atomic E-state index is 12.0. The molecule has 0 aromatic heterocycles. The van der Waals surface area contributed by atoms with Crippen LogP contribution in [0.4, 0.5) is 0 Å². The average molecular weight is 275 g/mol. The lowest BCUT2D eigenvalue weighted by molar-refractivity contribution is -0.134. The fourth-order valence-electron chi connectivity index (χ4n) is 2.28. The van der Waals surface area contributed by atoms with Crippen molar-refractivity contribution >= 4 is 11.7 Å². The molecule has 1 heterocycles. The molecular formula is C16H21NO3. The summed E-state index contributed by atoms with van der Waals surface area (Å²) in [7, 11) is 0. The van der Waals surface area contributed by atoms with Gasteiger partial charge in [-0.1, -0.05) is 6.92 Å². The van der Waals surface area contributed by atoms with E-state index in [0.29, 0.717) is 17.2 Å². The van der Waals surface area contributed by atoms with Gasteiger partial charge in [-0.3, -0.25) is 9.59 Å². The van der Waals surface area contributed by atoms with Crippen molar-refractivity contribution < 1.29 is 14.3 Å². The number of likely N-dealkylation sites (tertiary alicyclic amines) is 1. The highest BCUT2D eigenvalue weighted by Gasteiger charge is 2.20. The van der Waals surface area contributed by atoms with Crippen molar-refractivity contribution in [2.45, 2.75) is 26.7 Å². The van der Waals surface area contributed by atoms with Gasteiger partial charge in [-0.2, -0.15) is 0 Å². The SMILES string of the molecule is CC(=O)c1ccc(OCC(=O)N2CCC(C)CC2)cc1. The standard InChI is InChI=1S/C16H21NO3/c1-12-7-9-17(10-8-12)16(19)11-20-15-5-3-14(4-6-15)13(2)18/h3-6,12H,7-11H2,1-2H3. The summed E-state index contributed by atoms with van der Waals surface area (Å²) in [6.07, 6.45) is 2.14. The molecule has 0 saturated carbocycles. The Bertz CT molecular complexity index is 473. The lowest BCUT2D eigenvalue weighted by Gasteiger charge is -2.30. The number of piperidine rings is 1. The number of carbonyl (C=O) groups is 2. The third-order valence-electron chi connectivity index (χ3n) is 3.76. The summed E-state index contributed by atoms with van der Waals surface area (Å²) < 4.78 is 5.48. The van der Waals surface area contributed by atoms with Crippen molar-refractivity contribution in [2.75, 3.05) is 19.7 Å². The van der Waals surface area contributed by atoms with E-state index in [-0.39, 0.29) is 18.3 Å². The molecule has 1 saturated heterocycles. The second-order valence-electron chi connectivity index (χ2n) is 5.43. The van der Waals surface area contributed by atoms with Crippen molar-refractivity contribution in [1.29, 1.82) is 0 Å². The first-order valence-electron chi connectivity index (χ1n) is 7.08. The molecule has 4 nitrogen and oxygen atoms in total. The molecular weight excluding hydrogens is 254 g/mol. The van der Waals surface area contributed by atoms with Crippen LogP contribution in [-0.4, -0.2) is 36.3 Å². The van der Waals surface area contributed by atoms with Crippen LogP contribution in [0.5, 0.6) is 5.75 Å². The van der Waals surface area contributed by atoms with Crippen LogP contribution in [0.25, 0.3) is 0 Å². The Morgan fingerprint density at radius 2 is 1.80 bits per heavy atom. The van der Waals surface area contributed by atoms with Crippen molar-refractivity contribution in [3.63, 3.8) is 0 Å². The number of carbonyl (C=O) groups excluding carboxylic acids is 2. The smallest absolute Gasteiger partial charge is 0.260 e. The maximum Gasteiger partial charge on any atom is 0.260 e. The van der Waals surface area contributed by atoms with E-state index in [0.717, 1.165) is 25.9 Å². The van der Waals surface area contributed by atoms with Gasteiger partial charge in [0.1, 0.15) is 5.75 Å². The Morgan fingerprint density at radius 1 is 1.20 bits per heavy atom. The third-order valence-corrected chi connectivity index (χ3v) is 3.76. The number of Topliss-reactive ketones (excluding diaryl/α,β-unsaturated/α-hetero) is 1. The Kier molecular flexibility index (Phi) is 4.77. The molecule has 1 fully saturated rings. The number of nitrogens with zero attached hydrogens (tertiary/aromatic N) is 1. The summed E-state index contributed by atoms with van der Waals surface area (Å²) in [6, 6.07) is 6.88. The van der Waals surface area contributed by atoms with Gasteiger partial charge < -0.3 is 9.64 Å². The molecule has 20 heavy (non-hydrogen) atoms. The number of ketones is 1. The van der Waals surface area contributed by atoms with E-state index in [2.05, 4.69) is 6.92 Å². The molecule has 0 unspecified atom stereocenters. The van der Waals surface area contributed by atoms with Gasteiger partial charge in [0, 0.05) is 18.7 Å². The highest BCUT2D eigenvalue weighted by atomic mass is 16.5. The van der Waals surface area contributed by atoms with E-state index in [1.807, 2.05) is 4.90 Å². The molecule has 0 radical (unpaired) electrons. The van der Waals surface area contributed by atoms with Crippen molar-refractivity contribution in [3.05, 3.63) is 29.8 Å². The minimum Gasteiger partial charge on any atom is -0.484 e. The Labute approximate surface area is 119 Å². The first kappa shape index (κ1) is 14.6. The highest BCUT2D eigenvalue weighted by molar-refractivity contribution is 5.94. The average Bonchev–Trinajstić information content (AvgIpc) is 2.46. The predicted octanol–water partition coefficient (Wildman–Crippen LogP) is 2.53. The number of hydrogen-bond donors (Lipinski definition) is 0. The van der Waals surface area contributed by atoms with Crippen LogP contribution in [0.1, 0.15) is 37.0 Å². The number of ether oxygens (including phenoxy) is 1. The minimum atomic E-state index is 0.0232. The van der Waals surface area contributed by atoms with Crippen LogP contribution < -0.4 is 4.74 Å². The number of hydrogen-bond acceptors (Lipinski definition) is 3. The zero-order valence-corrected chi connectivity index (χ0v) is 12.1. The Balaban J connectivity index is 1.82. The fourth-order valence-corrected chi connectivity index (χ4v) is 2.28. The quantitative estimate of drug-likeness (QED) is 0.793. The summed E-state index contributed by atoms with van der Waals surface area (Å²) in [4.78, 5) is 25.0. The van der Waals surface area contributed by atoms with Gasteiger partial charge in [-0.25, -0.2) is 0 Å². The van der Waals surface area contributed by atoms with E-state index in [1.165, 1.54) is 6.92 Å². The molecule has 0 bridgehead atoms. The largest absolute Gasteiger partial charge is 0.484 e. The lowest BCUT2D eigenvalue weighted by Crippen LogP contribution is -2.40. The molecule has 1 amide bonds. The molecule has 0 atom stereocenters. The van der Waals surface area contributed by atoms with Gasteiger partial charge >= 0.3 is 0 Å². The normalized spacial score (nSPS) is 16.0. The highest BCUT2D eigenvalue weighted by Crippen LogP contribution is 2.17. The summed E-state index contributed by atoms with van der Waals surface area (Å²) in [5.41, 5.74) is 0.647. The zero-order valence-electron chi connectivity index (χ0n) is 12.1. The minimum absolute atomic E-state index is 0.0232. The van der Waals surface area contributed by atoms with E-state index < -0.39 is 0 Å². The first-order valence-corrected chi connectivity index (χ1v) is 7.08. The van der Waals surface area contributed by atoms with Gasteiger partial charge in [0.25, 0.3) is 5.91 Å². The van der Waals surface area contributed by atoms with Crippen LogP contribution in [0.3, 0.4) is 0 Å². The van der Waals surface area contributed by atoms with Crippen molar-refractivity contribution in [2.24, 2.45) is 5.92 Å². The van der Waals surface area contributed by atoms with Gasteiger partial charge in [0.15, 0.2) is 12.4 Å². The predicted molar refractivity (Wildman–Crippen MR) is 76.9 cm³/mol. The van der Waals surface area contributed by atoms with E-state index >= 15 is 0 Å². The maximum absolute atomic E-state index is 12.0. The van der Waals surface area contributed by atoms with Crippen molar-refractivity contribution in [3.8, 4) is 5.75 Å². The molecule has 0 N–H and O–H groups in total. The first-order chi connectivity index (χ1) is 9.56. The van der Waals surface area contributed by atoms with Gasteiger partial charge in [0.2, 0.25) is 0 Å². The van der Waals surface area contributed by atoms with Crippen LogP contribution in [0.15, 0.2) is 24.3 Å². The zero-order chi connectivity index (χ0) is 14.5. The van der Waals surface area contributed by atoms with Gasteiger partial charge in [-0.15, -0.1) is 0 Å². The Morgan fingerprint density at radius 3 is 2.35 bits per heavy atom. The van der Waals surface area contributed by atoms with E-state index in [9.17, 15) is 9.59 Å². The molecule has 1 aromatic carbocycles. The summed E-state index contributed by atoms with van der Waals surface area (Å²) in [5.74, 6) is 1.38. The Hall–Kier alpha value is -1.84. The van der Waals surface area contributed by atoms with E-state index in [4.69, 9.17) is 4.74 Å². The molecule has 0 spiro atoms. The molecule has 1 aliphatic heterocycles. The molecule has 1 aliphatic rings. The topological polar surface area (TPSA) is 46.6 Å². The molecule has 2 rings (SSSR count). The second-order valence-corrected chi connectivity index (χ2v) is 5.43.